The van der Waals surface area contributed by atoms with Crippen molar-refractivity contribution in [3.8, 4) is 0 Å². The molecule has 1 aliphatic rings. The Balaban J connectivity index is 2.57. The lowest BCUT2D eigenvalue weighted by Crippen LogP contribution is -1.90. The molecule has 0 amide bonds. The number of aromatic nitrogens is 1. The maximum absolute atomic E-state index is 4.21. The Labute approximate surface area is 67.5 Å². The second-order valence-corrected chi connectivity index (χ2v) is 3.46. The Hall–Kier alpha value is -0.850. The van der Waals surface area contributed by atoms with E-state index in [1.807, 2.05) is 12.4 Å². The van der Waals surface area contributed by atoms with Crippen LogP contribution >= 0.6 is 0 Å². The Morgan fingerprint density at radius 3 is 3.00 bits per heavy atom. The molecule has 0 aliphatic heterocycles. The van der Waals surface area contributed by atoms with E-state index in [9.17, 15) is 0 Å². The normalized spacial score (nSPS) is 21.8. The lowest BCUT2D eigenvalue weighted by atomic mass is 10.0. The van der Waals surface area contributed by atoms with Crippen LogP contribution in [0.3, 0.4) is 0 Å². The zero-order valence-corrected chi connectivity index (χ0v) is 7.09. The van der Waals surface area contributed by atoms with Crippen LogP contribution in [0.5, 0.6) is 0 Å². The van der Waals surface area contributed by atoms with E-state index < -0.39 is 0 Å². The highest BCUT2D eigenvalue weighted by molar-refractivity contribution is 5.37. The summed E-state index contributed by atoms with van der Waals surface area (Å²) in [6, 6.07) is 0. The van der Waals surface area contributed by atoms with E-state index in [1.54, 1.807) is 5.56 Å². The van der Waals surface area contributed by atoms with Crippen LogP contribution in [-0.4, -0.2) is 4.98 Å². The highest BCUT2D eigenvalue weighted by atomic mass is 14.6. The number of hydrogen-bond donors (Lipinski definition) is 0. The van der Waals surface area contributed by atoms with Crippen molar-refractivity contribution in [1.29, 1.82) is 0 Å². The molecule has 58 valence electrons. The highest BCUT2D eigenvalue weighted by Gasteiger charge is 2.19. The summed E-state index contributed by atoms with van der Waals surface area (Å²) in [6.07, 6.45) is 6.56. The largest absolute Gasteiger partial charge is 0.264 e. The van der Waals surface area contributed by atoms with Gasteiger partial charge >= 0.3 is 0 Å². The Morgan fingerprint density at radius 2 is 2.27 bits per heavy atom. The van der Waals surface area contributed by atoms with Gasteiger partial charge in [0.05, 0.1) is 0 Å². The molecule has 1 nitrogen and oxygen atoms in total. The molecule has 0 unspecified atom stereocenters. The Kier molecular flexibility index (Phi) is 1.45. The fourth-order valence-corrected chi connectivity index (χ4v) is 1.90. The van der Waals surface area contributed by atoms with Crippen LogP contribution in [0.25, 0.3) is 0 Å². The molecule has 1 aromatic heterocycles. The number of hydrogen-bond acceptors (Lipinski definition) is 1. The highest BCUT2D eigenvalue weighted by Crippen LogP contribution is 2.33. The number of fused-ring (bicyclic) bond motifs is 1. The van der Waals surface area contributed by atoms with Gasteiger partial charge in [0, 0.05) is 12.4 Å². The molecule has 2 rings (SSSR count). The standard InChI is InChI=1S/C10H13N/c1-7-3-4-9-8(2)5-11-6-10(7)9/h5-7H,3-4H2,1-2H3/t7-/m1/s1. The van der Waals surface area contributed by atoms with Gasteiger partial charge < -0.3 is 0 Å². The van der Waals surface area contributed by atoms with Crippen LogP contribution in [0.4, 0.5) is 0 Å². The van der Waals surface area contributed by atoms with Gasteiger partial charge in [-0.2, -0.15) is 0 Å². The lowest BCUT2D eigenvalue weighted by Gasteiger charge is -2.04. The van der Waals surface area contributed by atoms with Crippen LogP contribution in [-0.2, 0) is 6.42 Å². The molecule has 1 heterocycles. The quantitative estimate of drug-likeness (QED) is 0.549. The molecule has 0 spiro atoms. The summed E-state index contributed by atoms with van der Waals surface area (Å²) in [6.45, 7) is 4.44. The van der Waals surface area contributed by atoms with Gasteiger partial charge in [0.2, 0.25) is 0 Å². The molecule has 0 radical (unpaired) electrons. The van der Waals surface area contributed by atoms with Crippen molar-refractivity contribution in [3.05, 3.63) is 29.1 Å². The fraction of sp³-hybridized carbons (Fsp3) is 0.500. The fourth-order valence-electron chi connectivity index (χ4n) is 1.90. The van der Waals surface area contributed by atoms with Crippen LogP contribution in [0.2, 0.25) is 0 Å². The summed E-state index contributed by atoms with van der Waals surface area (Å²) in [4.78, 5) is 4.21. The molecule has 0 fully saturated rings. The second-order valence-electron chi connectivity index (χ2n) is 3.46. The number of aryl methyl sites for hydroxylation is 1. The summed E-state index contributed by atoms with van der Waals surface area (Å²) >= 11 is 0. The summed E-state index contributed by atoms with van der Waals surface area (Å²) < 4.78 is 0. The Morgan fingerprint density at radius 1 is 1.45 bits per heavy atom. The van der Waals surface area contributed by atoms with Gasteiger partial charge in [-0.1, -0.05) is 6.92 Å². The first-order valence-corrected chi connectivity index (χ1v) is 4.22. The third-order valence-corrected chi connectivity index (χ3v) is 2.66. The molecule has 1 heteroatoms. The van der Waals surface area contributed by atoms with E-state index in [4.69, 9.17) is 0 Å². The van der Waals surface area contributed by atoms with Crippen LogP contribution in [0.1, 0.15) is 36.0 Å². The van der Waals surface area contributed by atoms with E-state index in [2.05, 4.69) is 18.8 Å². The zero-order chi connectivity index (χ0) is 7.84. The van der Waals surface area contributed by atoms with E-state index in [1.165, 1.54) is 24.0 Å². The van der Waals surface area contributed by atoms with E-state index in [0.717, 1.165) is 5.92 Å². The predicted octanol–water partition coefficient (Wildman–Crippen LogP) is 2.44. The van der Waals surface area contributed by atoms with Crippen molar-refractivity contribution in [3.63, 3.8) is 0 Å². The minimum Gasteiger partial charge on any atom is -0.264 e. The van der Waals surface area contributed by atoms with Crippen molar-refractivity contribution >= 4 is 0 Å². The molecule has 0 bridgehead atoms. The Bertz CT molecular complexity index is 278. The molecular formula is C10H13N. The van der Waals surface area contributed by atoms with Gasteiger partial charge in [-0.15, -0.1) is 0 Å². The summed E-state index contributed by atoms with van der Waals surface area (Å²) in [5.74, 6) is 0.734. The summed E-state index contributed by atoms with van der Waals surface area (Å²) in [7, 11) is 0. The molecule has 0 saturated carbocycles. The second kappa shape index (κ2) is 2.33. The first-order valence-electron chi connectivity index (χ1n) is 4.22. The van der Waals surface area contributed by atoms with E-state index in [-0.39, 0.29) is 0 Å². The van der Waals surface area contributed by atoms with E-state index >= 15 is 0 Å². The minimum atomic E-state index is 0.734. The van der Waals surface area contributed by atoms with Crippen molar-refractivity contribution < 1.29 is 0 Å². The first kappa shape index (κ1) is 6.84. The maximum Gasteiger partial charge on any atom is 0.0305 e. The average molecular weight is 147 g/mol. The third-order valence-electron chi connectivity index (χ3n) is 2.66. The number of nitrogens with zero attached hydrogens (tertiary/aromatic N) is 1. The molecule has 0 saturated heterocycles. The molecule has 0 N–H and O–H groups in total. The van der Waals surface area contributed by atoms with Gasteiger partial charge in [0.1, 0.15) is 0 Å². The summed E-state index contributed by atoms with van der Waals surface area (Å²) in [5, 5.41) is 0. The zero-order valence-electron chi connectivity index (χ0n) is 7.09. The van der Waals surface area contributed by atoms with Gasteiger partial charge in [-0.3, -0.25) is 4.98 Å². The number of pyridine rings is 1. The average Bonchev–Trinajstić information content (AvgIpc) is 2.35. The van der Waals surface area contributed by atoms with Gasteiger partial charge in [-0.25, -0.2) is 0 Å². The molecule has 1 atom stereocenters. The van der Waals surface area contributed by atoms with Crippen molar-refractivity contribution in [2.45, 2.75) is 32.6 Å². The summed E-state index contributed by atoms with van der Waals surface area (Å²) in [5.41, 5.74) is 4.39. The van der Waals surface area contributed by atoms with Crippen molar-refractivity contribution in [2.75, 3.05) is 0 Å². The minimum absolute atomic E-state index is 0.734. The molecular weight excluding hydrogens is 134 g/mol. The van der Waals surface area contributed by atoms with Crippen molar-refractivity contribution in [1.82, 2.24) is 4.98 Å². The first-order chi connectivity index (χ1) is 5.29. The van der Waals surface area contributed by atoms with Crippen LogP contribution < -0.4 is 0 Å². The predicted molar refractivity (Wildman–Crippen MR) is 45.7 cm³/mol. The van der Waals surface area contributed by atoms with Crippen LogP contribution in [0, 0.1) is 6.92 Å². The third kappa shape index (κ3) is 0.953. The van der Waals surface area contributed by atoms with Gasteiger partial charge in [0.15, 0.2) is 0 Å². The molecule has 11 heavy (non-hydrogen) atoms. The monoisotopic (exact) mass is 147 g/mol. The number of rotatable bonds is 0. The molecule has 0 aromatic carbocycles. The van der Waals surface area contributed by atoms with Gasteiger partial charge in [-0.05, 0) is 42.4 Å². The smallest absolute Gasteiger partial charge is 0.0305 e. The maximum atomic E-state index is 4.21. The lowest BCUT2D eigenvalue weighted by molar-refractivity contribution is 0.745. The SMILES string of the molecule is Cc1cncc2c1CC[C@H]2C. The van der Waals surface area contributed by atoms with E-state index in [0.29, 0.717) is 0 Å². The van der Waals surface area contributed by atoms with Crippen LogP contribution in [0.15, 0.2) is 12.4 Å². The molecule has 1 aromatic rings. The molecule has 1 aliphatic carbocycles. The van der Waals surface area contributed by atoms with Gasteiger partial charge in [0.25, 0.3) is 0 Å². The van der Waals surface area contributed by atoms with Crippen molar-refractivity contribution in [2.24, 2.45) is 0 Å². The topological polar surface area (TPSA) is 12.9 Å².